The largest absolute Gasteiger partial charge is 0.481 e. The zero-order chi connectivity index (χ0) is 14.5. The molecule has 0 aliphatic heterocycles. The molecule has 19 heavy (non-hydrogen) atoms. The summed E-state index contributed by atoms with van der Waals surface area (Å²) in [5, 5.41) is 8.87. The van der Waals surface area contributed by atoms with Crippen molar-refractivity contribution in [2.75, 3.05) is 0 Å². The molecule has 0 aromatic rings. The fraction of sp³-hybridized carbons (Fsp3) is 0.875. The molecule has 0 amide bonds. The molecular formula is C16H30O3. The van der Waals surface area contributed by atoms with Crippen LogP contribution >= 0.6 is 0 Å². The van der Waals surface area contributed by atoms with Crippen LogP contribution in [0, 0.1) is 5.92 Å². The average molecular weight is 270 g/mol. The molecule has 0 aliphatic rings. The highest BCUT2D eigenvalue weighted by molar-refractivity contribution is 5.98. The smallest absolute Gasteiger partial charge is 0.314 e. The Labute approximate surface area is 117 Å². The van der Waals surface area contributed by atoms with Crippen molar-refractivity contribution < 1.29 is 14.7 Å². The molecule has 0 saturated heterocycles. The molecule has 0 radical (unpaired) electrons. The van der Waals surface area contributed by atoms with Gasteiger partial charge in [-0.2, -0.15) is 0 Å². The molecular weight excluding hydrogens is 240 g/mol. The molecule has 1 unspecified atom stereocenters. The zero-order valence-corrected chi connectivity index (χ0v) is 12.6. The molecule has 1 N–H and O–H groups in total. The van der Waals surface area contributed by atoms with Crippen LogP contribution in [0.15, 0.2) is 0 Å². The highest BCUT2D eigenvalue weighted by Crippen LogP contribution is 2.13. The number of carbonyl (C=O) groups excluding carboxylic acids is 1. The van der Waals surface area contributed by atoms with Gasteiger partial charge in [0, 0.05) is 6.42 Å². The Hall–Kier alpha value is -0.860. The molecule has 0 heterocycles. The van der Waals surface area contributed by atoms with Gasteiger partial charge in [0.1, 0.15) is 11.7 Å². The molecule has 0 spiro atoms. The Bertz CT molecular complexity index is 248. The summed E-state index contributed by atoms with van der Waals surface area (Å²) < 4.78 is 0. The summed E-state index contributed by atoms with van der Waals surface area (Å²) in [6, 6.07) is 0. The summed E-state index contributed by atoms with van der Waals surface area (Å²) in [5.74, 6) is -1.85. The van der Waals surface area contributed by atoms with Gasteiger partial charge in [0.15, 0.2) is 0 Å². The Kier molecular flexibility index (Phi) is 11.6. The number of carboxylic acid groups (broad SMARTS) is 1. The van der Waals surface area contributed by atoms with Gasteiger partial charge in [-0.3, -0.25) is 9.59 Å². The topological polar surface area (TPSA) is 54.4 Å². The van der Waals surface area contributed by atoms with Gasteiger partial charge in [0.25, 0.3) is 0 Å². The lowest BCUT2D eigenvalue weighted by molar-refractivity contribution is -0.146. The third-order valence-electron chi connectivity index (χ3n) is 3.62. The second-order valence-electron chi connectivity index (χ2n) is 5.34. The Balaban J connectivity index is 3.43. The van der Waals surface area contributed by atoms with Crippen LogP contribution in [0.3, 0.4) is 0 Å². The standard InChI is InChI=1S/C16H30O3/c1-3-5-6-7-8-9-10-11-12-13-15(17)14(4-2)16(18)19/h14H,3-13H2,1-2H3,(H,18,19). The van der Waals surface area contributed by atoms with Crippen molar-refractivity contribution in [2.24, 2.45) is 5.92 Å². The Morgan fingerprint density at radius 3 is 1.74 bits per heavy atom. The zero-order valence-electron chi connectivity index (χ0n) is 12.6. The SMILES string of the molecule is CCCCCCCCCCCC(=O)C(CC)C(=O)O. The molecule has 0 bridgehead atoms. The molecule has 112 valence electrons. The lowest BCUT2D eigenvalue weighted by Gasteiger charge is -2.08. The van der Waals surface area contributed by atoms with Crippen LogP contribution in [0.1, 0.15) is 84.5 Å². The van der Waals surface area contributed by atoms with E-state index in [1.54, 1.807) is 6.92 Å². The molecule has 0 saturated carbocycles. The fourth-order valence-corrected chi connectivity index (χ4v) is 2.32. The normalized spacial score (nSPS) is 12.3. The maximum absolute atomic E-state index is 11.6. The molecule has 0 rings (SSSR count). The van der Waals surface area contributed by atoms with E-state index in [1.165, 1.54) is 44.9 Å². The van der Waals surface area contributed by atoms with Crippen molar-refractivity contribution in [3.63, 3.8) is 0 Å². The number of carboxylic acids is 1. The highest BCUT2D eigenvalue weighted by atomic mass is 16.4. The Morgan fingerprint density at radius 2 is 1.32 bits per heavy atom. The van der Waals surface area contributed by atoms with Gasteiger partial charge in [-0.05, 0) is 12.8 Å². The summed E-state index contributed by atoms with van der Waals surface area (Å²) in [6.45, 7) is 3.98. The lowest BCUT2D eigenvalue weighted by Crippen LogP contribution is -2.22. The highest BCUT2D eigenvalue weighted by Gasteiger charge is 2.22. The molecule has 0 aliphatic carbocycles. The van der Waals surface area contributed by atoms with Crippen LogP contribution in [0.2, 0.25) is 0 Å². The maximum Gasteiger partial charge on any atom is 0.314 e. The summed E-state index contributed by atoms with van der Waals surface area (Å²) in [6.07, 6.45) is 11.7. The lowest BCUT2D eigenvalue weighted by atomic mass is 9.96. The van der Waals surface area contributed by atoms with Crippen molar-refractivity contribution in [3.05, 3.63) is 0 Å². The van der Waals surface area contributed by atoms with Crippen LogP contribution in [0.25, 0.3) is 0 Å². The van der Waals surface area contributed by atoms with E-state index < -0.39 is 11.9 Å². The third kappa shape index (κ3) is 9.69. The summed E-state index contributed by atoms with van der Waals surface area (Å²) in [7, 11) is 0. The molecule has 0 aromatic carbocycles. The van der Waals surface area contributed by atoms with Gasteiger partial charge < -0.3 is 5.11 Å². The number of Topliss-reactive ketones (excluding diaryl/α,β-unsaturated/α-hetero) is 1. The summed E-state index contributed by atoms with van der Waals surface area (Å²) in [5.41, 5.74) is 0. The second kappa shape index (κ2) is 12.2. The van der Waals surface area contributed by atoms with Gasteiger partial charge in [-0.1, -0.05) is 65.2 Å². The molecule has 3 nitrogen and oxygen atoms in total. The van der Waals surface area contributed by atoms with Crippen molar-refractivity contribution >= 4 is 11.8 Å². The van der Waals surface area contributed by atoms with Crippen LogP contribution < -0.4 is 0 Å². The van der Waals surface area contributed by atoms with E-state index in [0.29, 0.717) is 12.8 Å². The number of rotatable bonds is 13. The summed E-state index contributed by atoms with van der Waals surface area (Å²) >= 11 is 0. The van der Waals surface area contributed by atoms with E-state index in [2.05, 4.69) is 6.92 Å². The van der Waals surface area contributed by atoms with E-state index >= 15 is 0 Å². The number of aliphatic carboxylic acids is 1. The van der Waals surface area contributed by atoms with Crippen molar-refractivity contribution in [2.45, 2.75) is 84.5 Å². The van der Waals surface area contributed by atoms with Crippen molar-refractivity contribution in [1.82, 2.24) is 0 Å². The first kappa shape index (κ1) is 18.1. The van der Waals surface area contributed by atoms with Gasteiger partial charge in [0.05, 0.1) is 0 Å². The fourth-order valence-electron chi connectivity index (χ4n) is 2.32. The maximum atomic E-state index is 11.6. The number of hydrogen-bond donors (Lipinski definition) is 1. The number of hydrogen-bond acceptors (Lipinski definition) is 2. The minimum atomic E-state index is -0.969. The van der Waals surface area contributed by atoms with E-state index in [1.807, 2.05) is 0 Å². The first-order valence-electron chi connectivity index (χ1n) is 7.89. The first-order valence-corrected chi connectivity index (χ1v) is 7.89. The number of carbonyl (C=O) groups is 2. The molecule has 1 atom stereocenters. The van der Waals surface area contributed by atoms with E-state index in [-0.39, 0.29) is 5.78 Å². The molecule has 3 heteroatoms. The monoisotopic (exact) mass is 270 g/mol. The van der Waals surface area contributed by atoms with Gasteiger partial charge >= 0.3 is 5.97 Å². The predicted molar refractivity (Wildman–Crippen MR) is 78.3 cm³/mol. The minimum absolute atomic E-state index is 0.0991. The number of ketones is 1. The van der Waals surface area contributed by atoms with Gasteiger partial charge in [0.2, 0.25) is 0 Å². The number of unbranched alkanes of at least 4 members (excludes halogenated alkanes) is 8. The summed E-state index contributed by atoms with van der Waals surface area (Å²) in [4.78, 5) is 22.5. The molecule has 0 aromatic heterocycles. The first-order chi connectivity index (χ1) is 9.13. The van der Waals surface area contributed by atoms with Crippen molar-refractivity contribution in [3.8, 4) is 0 Å². The van der Waals surface area contributed by atoms with E-state index in [4.69, 9.17) is 5.11 Å². The quantitative estimate of drug-likeness (QED) is 0.393. The van der Waals surface area contributed by atoms with Crippen LogP contribution in [0.4, 0.5) is 0 Å². The minimum Gasteiger partial charge on any atom is -0.481 e. The van der Waals surface area contributed by atoms with Crippen molar-refractivity contribution in [1.29, 1.82) is 0 Å². The van der Waals surface area contributed by atoms with Crippen LogP contribution in [-0.4, -0.2) is 16.9 Å². The van der Waals surface area contributed by atoms with E-state index in [9.17, 15) is 9.59 Å². The van der Waals surface area contributed by atoms with Crippen LogP contribution in [0.5, 0.6) is 0 Å². The third-order valence-corrected chi connectivity index (χ3v) is 3.62. The molecule has 0 fully saturated rings. The average Bonchev–Trinajstić information content (AvgIpc) is 2.37. The second-order valence-corrected chi connectivity index (χ2v) is 5.34. The Morgan fingerprint density at radius 1 is 0.842 bits per heavy atom. The van der Waals surface area contributed by atoms with Gasteiger partial charge in [-0.15, -0.1) is 0 Å². The predicted octanol–water partition coefficient (Wildman–Crippen LogP) is 4.59. The van der Waals surface area contributed by atoms with Gasteiger partial charge in [-0.25, -0.2) is 0 Å². The van der Waals surface area contributed by atoms with Crippen LogP contribution in [-0.2, 0) is 9.59 Å². The van der Waals surface area contributed by atoms with E-state index in [0.717, 1.165) is 12.8 Å².